The number of aromatic nitrogens is 1. The first-order chi connectivity index (χ1) is 16.9. The van der Waals surface area contributed by atoms with E-state index in [0.717, 1.165) is 19.3 Å². The molecule has 0 saturated carbocycles. The molecule has 0 bridgehead atoms. The van der Waals surface area contributed by atoms with Crippen LogP contribution in [0.3, 0.4) is 0 Å². The molecule has 0 amide bonds. The normalized spacial score (nSPS) is 20.4. The van der Waals surface area contributed by atoms with E-state index in [9.17, 15) is 0 Å². The van der Waals surface area contributed by atoms with E-state index in [1.807, 2.05) is 0 Å². The zero-order valence-electron chi connectivity index (χ0n) is 18.9. The van der Waals surface area contributed by atoms with E-state index < -0.39 is 0 Å². The lowest BCUT2D eigenvalue weighted by atomic mass is 9.88. The maximum absolute atomic E-state index is 2.65. The summed E-state index contributed by atoms with van der Waals surface area (Å²) in [5.74, 6) is 1.07. The molecule has 1 aliphatic heterocycles. The van der Waals surface area contributed by atoms with Crippen LogP contribution in [0, 0.1) is 5.92 Å². The minimum atomic E-state index is 0.480. The molecule has 1 heteroatoms. The monoisotopic (exact) mass is 433 g/mol. The Bertz CT molecular complexity index is 1790. The van der Waals surface area contributed by atoms with Gasteiger partial charge >= 0.3 is 0 Å². The summed E-state index contributed by atoms with van der Waals surface area (Å²) in [6.07, 6.45) is 12.5. The van der Waals surface area contributed by atoms with Crippen LogP contribution in [-0.2, 0) is 19.3 Å². The highest BCUT2D eigenvalue weighted by Crippen LogP contribution is 2.51. The molecule has 5 aromatic rings. The molecule has 2 heterocycles. The molecule has 3 aliphatic carbocycles. The van der Waals surface area contributed by atoms with E-state index in [4.69, 9.17) is 0 Å². The lowest BCUT2D eigenvalue weighted by Gasteiger charge is -2.25. The largest absolute Gasteiger partial charge is 0.308 e. The van der Waals surface area contributed by atoms with Gasteiger partial charge in [0.25, 0.3) is 0 Å². The standard InChI is InChI=1S/C33H23N/c1-3-9-24-19(6-1)16-21-13-15-29-28(30(21)24)18-23-8-5-11-26-27-14-12-22-17-20-7-2-4-10-25(20)31(22)33(27)34(29)32(23)26/h1-15,20,25H,16-18H2. The Morgan fingerprint density at radius 1 is 0.647 bits per heavy atom. The van der Waals surface area contributed by atoms with Gasteiger partial charge in [-0.2, -0.15) is 0 Å². The maximum atomic E-state index is 2.65. The van der Waals surface area contributed by atoms with Gasteiger partial charge in [-0.05, 0) is 69.3 Å². The Morgan fingerprint density at radius 3 is 2.50 bits per heavy atom. The van der Waals surface area contributed by atoms with Gasteiger partial charge in [-0.3, -0.25) is 0 Å². The molecule has 2 unspecified atom stereocenters. The summed E-state index contributed by atoms with van der Waals surface area (Å²) in [6.45, 7) is 0. The second-order valence-electron chi connectivity index (χ2n) is 10.5. The van der Waals surface area contributed by atoms with Gasteiger partial charge in [-0.15, -0.1) is 0 Å². The first kappa shape index (κ1) is 17.6. The Hall–Kier alpha value is -3.84. The highest BCUT2D eigenvalue weighted by Gasteiger charge is 2.35. The lowest BCUT2D eigenvalue weighted by Crippen LogP contribution is -2.11. The van der Waals surface area contributed by atoms with Gasteiger partial charge in [-0.1, -0.05) is 85.0 Å². The Balaban J connectivity index is 1.44. The predicted octanol–water partition coefficient (Wildman–Crippen LogP) is 7.64. The van der Waals surface area contributed by atoms with Crippen LogP contribution in [0.4, 0.5) is 0 Å². The third kappa shape index (κ3) is 1.99. The zero-order valence-corrected chi connectivity index (χ0v) is 18.9. The summed E-state index contributed by atoms with van der Waals surface area (Å²) >= 11 is 0. The molecule has 9 rings (SSSR count). The van der Waals surface area contributed by atoms with Crippen LogP contribution in [0.2, 0.25) is 0 Å². The average Bonchev–Trinajstić information content (AvgIpc) is 3.54. The van der Waals surface area contributed by atoms with Crippen LogP contribution >= 0.6 is 0 Å². The SMILES string of the molecule is C1=CC2Cc3ccc4c5cccc6c5n(c4c3C2C=C1)-c1ccc2c(c1C6)-c1ccccc1C2. The van der Waals surface area contributed by atoms with Crippen molar-refractivity contribution in [1.29, 1.82) is 0 Å². The minimum absolute atomic E-state index is 0.480. The summed E-state index contributed by atoms with van der Waals surface area (Å²) in [7, 11) is 0. The molecule has 2 atom stereocenters. The molecule has 0 saturated heterocycles. The van der Waals surface area contributed by atoms with Gasteiger partial charge in [-0.25, -0.2) is 0 Å². The van der Waals surface area contributed by atoms with Crippen molar-refractivity contribution in [1.82, 2.24) is 4.57 Å². The third-order valence-corrected chi connectivity index (χ3v) is 8.85. The van der Waals surface area contributed by atoms with Gasteiger partial charge in [0.05, 0.1) is 16.7 Å². The lowest BCUT2D eigenvalue weighted by molar-refractivity contribution is 0.631. The number of fused-ring (bicyclic) bond motifs is 13. The second-order valence-corrected chi connectivity index (χ2v) is 10.5. The van der Waals surface area contributed by atoms with E-state index in [1.54, 1.807) is 5.56 Å². The molecule has 1 aromatic heterocycles. The summed E-state index contributed by atoms with van der Waals surface area (Å²) in [5.41, 5.74) is 16.2. The molecule has 34 heavy (non-hydrogen) atoms. The number of para-hydroxylation sites is 1. The molecule has 0 N–H and O–H groups in total. The fourth-order valence-corrected chi connectivity index (χ4v) is 7.51. The molecular formula is C33H23N. The van der Waals surface area contributed by atoms with Crippen LogP contribution < -0.4 is 0 Å². The molecule has 160 valence electrons. The summed E-state index contributed by atoms with van der Waals surface area (Å²) in [5, 5.41) is 2.81. The summed E-state index contributed by atoms with van der Waals surface area (Å²) in [4.78, 5) is 0. The van der Waals surface area contributed by atoms with E-state index in [0.29, 0.717) is 11.8 Å². The van der Waals surface area contributed by atoms with Crippen LogP contribution in [-0.4, -0.2) is 4.57 Å². The van der Waals surface area contributed by atoms with Crippen molar-refractivity contribution in [3.63, 3.8) is 0 Å². The number of benzene rings is 4. The Kier molecular flexibility index (Phi) is 3.10. The van der Waals surface area contributed by atoms with Crippen LogP contribution in [0.15, 0.2) is 91.0 Å². The van der Waals surface area contributed by atoms with E-state index in [-0.39, 0.29) is 0 Å². The molecule has 0 radical (unpaired) electrons. The van der Waals surface area contributed by atoms with Gasteiger partial charge in [0, 0.05) is 23.1 Å². The minimum Gasteiger partial charge on any atom is -0.308 e. The smallest absolute Gasteiger partial charge is 0.0582 e. The van der Waals surface area contributed by atoms with Gasteiger partial charge in [0.2, 0.25) is 0 Å². The van der Waals surface area contributed by atoms with Gasteiger partial charge < -0.3 is 4.57 Å². The maximum Gasteiger partial charge on any atom is 0.0582 e. The Morgan fingerprint density at radius 2 is 1.50 bits per heavy atom. The first-order valence-corrected chi connectivity index (χ1v) is 12.5. The van der Waals surface area contributed by atoms with E-state index in [2.05, 4.69) is 95.6 Å². The summed E-state index contributed by atoms with van der Waals surface area (Å²) in [6, 6.07) is 25.6. The van der Waals surface area contributed by atoms with Crippen LogP contribution in [0.25, 0.3) is 38.6 Å². The molecule has 1 nitrogen and oxygen atoms in total. The van der Waals surface area contributed by atoms with Crippen molar-refractivity contribution in [2.24, 2.45) is 5.92 Å². The fourth-order valence-electron chi connectivity index (χ4n) is 7.51. The van der Waals surface area contributed by atoms with Crippen molar-refractivity contribution in [2.45, 2.75) is 25.2 Å². The molecular weight excluding hydrogens is 410 g/mol. The van der Waals surface area contributed by atoms with E-state index >= 15 is 0 Å². The second kappa shape index (κ2) is 5.98. The number of hydrogen-bond donors (Lipinski definition) is 0. The molecule has 4 aliphatic rings. The van der Waals surface area contributed by atoms with Crippen molar-refractivity contribution < 1.29 is 0 Å². The van der Waals surface area contributed by atoms with Gasteiger partial charge in [0.1, 0.15) is 0 Å². The number of hydrogen-bond acceptors (Lipinski definition) is 0. The van der Waals surface area contributed by atoms with Crippen LogP contribution in [0.1, 0.15) is 39.3 Å². The molecule has 0 fully saturated rings. The van der Waals surface area contributed by atoms with Crippen molar-refractivity contribution >= 4 is 21.8 Å². The molecule has 4 aromatic carbocycles. The third-order valence-electron chi connectivity index (χ3n) is 8.85. The van der Waals surface area contributed by atoms with Crippen LogP contribution in [0.5, 0.6) is 0 Å². The number of nitrogens with zero attached hydrogens (tertiary/aromatic N) is 1. The van der Waals surface area contributed by atoms with Crippen molar-refractivity contribution in [2.75, 3.05) is 0 Å². The van der Waals surface area contributed by atoms with Crippen molar-refractivity contribution in [3.8, 4) is 16.8 Å². The Labute approximate surface area is 198 Å². The number of allylic oxidation sites excluding steroid dienone is 4. The highest BCUT2D eigenvalue weighted by molar-refractivity contribution is 6.13. The highest BCUT2D eigenvalue weighted by atomic mass is 15.0. The average molecular weight is 434 g/mol. The zero-order chi connectivity index (χ0) is 22.0. The van der Waals surface area contributed by atoms with E-state index in [1.165, 1.54) is 66.4 Å². The first-order valence-electron chi connectivity index (χ1n) is 12.5. The predicted molar refractivity (Wildman–Crippen MR) is 140 cm³/mol. The van der Waals surface area contributed by atoms with Gasteiger partial charge in [0.15, 0.2) is 0 Å². The summed E-state index contributed by atoms with van der Waals surface area (Å²) < 4.78 is 2.65. The topological polar surface area (TPSA) is 4.93 Å². The van der Waals surface area contributed by atoms with Crippen molar-refractivity contribution in [3.05, 3.63) is 124 Å². The fraction of sp³-hybridized carbons (Fsp3) is 0.152. The number of rotatable bonds is 0. The molecule has 0 spiro atoms. The quantitative estimate of drug-likeness (QED) is 0.232.